The van der Waals surface area contributed by atoms with Gasteiger partial charge >= 0.3 is 0 Å². The van der Waals surface area contributed by atoms with Gasteiger partial charge in [-0.2, -0.15) is 4.98 Å². The lowest BCUT2D eigenvalue weighted by Crippen LogP contribution is -2.39. The van der Waals surface area contributed by atoms with E-state index >= 15 is 0 Å². The molecule has 0 saturated heterocycles. The maximum Gasteiger partial charge on any atom is 0.277 e. The first-order valence-electron chi connectivity index (χ1n) is 10.7. The van der Waals surface area contributed by atoms with Gasteiger partial charge < -0.3 is 35.1 Å². The fraction of sp³-hybridized carbons (Fsp3) is 0.500. The van der Waals surface area contributed by atoms with E-state index in [2.05, 4.69) is 20.2 Å². The average molecular weight is 443 g/mol. The van der Waals surface area contributed by atoms with E-state index in [0.29, 0.717) is 42.6 Å². The highest BCUT2D eigenvalue weighted by Gasteiger charge is 2.31. The van der Waals surface area contributed by atoms with Gasteiger partial charge in [0.25, 0.3) is 5.91 Å². The van der Waals surface area contributed by atoms with Crippen molar-refractivity contribution in [2.75, 3.05) is 63.6 Å². The Morgan fingerprint density at radius 2 is 2.06 bits per heavy atom. The van der Waals surface area contributed by atoms with Gasteiger partial charge in [0.2, 0.25) is 12.7 Å². The summed E-state index contributed by atoms with van der Waals surface area (Å²) in [5.74, 6) is 1.81. The van der Waals surface area contributed by atoms with Gasteiger partial charge in [-0.3, -0.25) is 4.79 Å². The Balaban J connectivity index is 1.58. The van der Waals surface area contributed by atoms with Crippen LogP contribution >= 0.6 is 0 Å². The molecule has 10 heteroatoms. The van der Waals surface area contributed by atoms with Crippen LogP contribution in [0.2, 0.25) is 0 Å². The van der Waals surface area contributed by atoms with Crippen molar-refractivity contribution in [3.05, 3.63) is 29.5 Å². The summed E-state index contributed by atoms with van der Waals surface area (Å²) in [5, 5.41) is 3.50. The number of nitrogens with zero attached hydrogens (tertiary/aromatic N) is 4. The molecule has 0 saturated carbocycles. The fourth-order valence-corrected chi connectivity index (χ4v) is 3.94. The molecule has 1 amide bonds. The minimum absolute atomic E-state index is 0.0743. The van der Waals surface area contributed by atoms with Crippen molar-refractivity contribution in [2.24, 2.45) is 0 Å². The van der Waals surface area contributed by atoms with E-state index in [1.54, 1.807) is 12.0 Å². The van der Waals surface area contributed by atoms with Crippen molar-refractivity contribution in [1.29, 1.82) is 0 Å². The van der Waals surface area contributed by atoms with E-state index in [1.165, 1.54) is 0 Å². The molecular formula is C22H30N6O4. The molecule has 0 radical (unpaired) electrons. The highest BCUT2D eigenvalue weighted by atomic mass is 16.7. The molecule has 10 nitrogen and oxygen atoms in total. The Labute approximate surface area is 187 Å². The second-order valence-corrected chi connectivity index (χ2v) is 8.22. The molecule has 3 N–H and O–H groups in total. The molecule has 4 rings (SSSR count). The van der Waals surface area contributed by atoms with Crippen LogP contribution in [0, 0.1) is 0 Å². The Hall–Kier alpha value is -3.11. The molecule has 0 spiro atoms. The highest BCUT2D eigenvalue weighted by molar-refractivity contribution is 6.07. The zero-order valence-electron chi connectivity index (χ0n) is 18.8. The van der Waals surface area contributed by atoms with E-state index in [1.807, 2.05) is 32.3 Å². The lowest BCUT2D eigenvalue weighted by atomic mass is 10.0. The van der Waals surface area contributed by atoms with Gasteiger partial charge in [-0.25, -0.2) is 4.98 Å². The number of carbonyl (C=O) groups is 1. The lowest BCUT2D eigenvalue weighted by molar-refractivity contribution is 0.0975. The minimum Gasteiger partial charge on any atom is -0.454 e. The molecule has 1 unspecified atom stereocenters. The summed E-state index contributed by atoms with van der Waals surface area (Å²) in [7, 11) is 5.78. The number of aromatic nitrogens is 2. The predicted molar refractivity (Wildman–Crippen MR) is 121 cm³/mol. The third-order valence-corrected chi connectivity index (χ3v) is 5.66. The number of ether oxygens (including phenoxy) is 3. The molecule has 0 bridgehead atoms. The number of nitrogens with two attached hydrogens (primary N) is 1. The van der Waals surface area contributed by atoms with E-state index in [-0.39, 0.29) is 24.7 Å². The van der Waals surface area contributed by atoms with Crippen LogP contribution in [0.3, 0.4) is 0 Å². The molecule has 1 aromatic heterocycles. The molecule has 32 heavy (non-hydrogen) atoms. The standard InChI is InChI=1S/C22H30N6O4/c1-27(2)9-6-14(8-11-30-3)24-20-16-7-10-28(21(29)19(16)25-22(23)26-20)15-4-5-17-18(12-15)32-13-31-17/h4-5,12,14H,6-11,13H2,1-3H3,(H3,23,24,25,26). The summed E-state index contributed by atoms with van der Waals surface area (Å²) >= 11 is 0. The minimum atomic E-state index is -0.205. The lowest BCUT2D eigenvalue weighted by Gasteiger charge is -2.30. The molecule has 2 aromatic rings. The largest absolute Gasteiger partial charge is 0.454 e. The summed E-state index contributed by atoms with van der Waals surface area (Å²) in [6, 6.07) is 5.62. The van der Waals surface area contributed by atoms with Crippen molar-refractivity contribution in [2.45, 2.75) is 25.3 Å². The molecule has 1 aromatic carbocycles. The third-order valence-electron chi connectivity index (χ3n) is 5.66. The summed E-state index contributed by atoms with van der Waals surface area (Å²) in [6.45, 7) is 2.24. The normalized spacial score (nSPS) is 15.8. The van der Waals surface area contributed by atoms with Crippen LogP contribution in [0.1, 0.15) is 28.9 Å². The topological polar surface area (TPSA) is 115 Å². The Morgan fingerprint density at radius 3 is 2.84 bits per heavy atom. The number of rotatable bonds is 9. The molecule has 0 fully saturated rings. The van der Waals surface area contributed by atoms with Crippen LogP contribution in [-0.4, -0.2) is 74.5 Å². The maximum absolute atomic E-state index is 13.3. The van der Waals surface area contributed by atoms with Crippen LogP contribution in [0.5, 0.6) is 11.5 Å². The van der Waals surface area contributed by atoms with Crippen molar-refractivity contribution >= 4 is 23.4 Å². The molecular weight excluding hydrogens is 412 g/mol. The third kappa shape index (κ3) is 4.71. The number of methoxy groups -OCH3 is 1. The van der Waals surface area contributed by atoms with E-state index < -0.39 is 0 Å². The number of hydrogen-bond acceptors (Lipinski definition) is 9. The zero-order chi connectivity index (χ0) is 22.7. The Kier molecular flexibility index (Phi) is 6.61. The molecule has 172 valence electrons. The summed E-state index contributed by atoms with van der Waals surface area (Å²) in [4.78, 5) is 25.9. The predicted octanol–water partition coefficient (Wildman–Crippen LogP) is 1.76. The van der Waals surface area contributed by atoms with Gasteiger partial charge in [0.05, 0.1) is 0 Å². The molecule has 2 aliphatic rings. The van der Waals surface area contributed by atoms with Crippen molar-refractivity contribution < 1.29 is 19.0 Å². The van der Waals surface area contributed by atoms with Gasteiger partial charge in [0.1, 0.15) is 11.5 Å². The second kappa shape index (κ2) is 9.58. The van der Waals surface area contributed by atoms with E-state index in [9.17, 15) is 4.79 Å². The van der Waals surface area contributed by atoms with Crippen LogP contribution in [-0.2, 0) is 11.2 Å². The van der Waals surface area contributed by atoms with Crippen LogP contribution < -0.4 is 25.4 Å². The number of carbonyl (C=O) groups excluding carboxylic acids is 1. The summed E-state index contributed by atoms with van der Waals surface area (Å²) in [5.41, 5.74) is 7.87. The van der Waals surface area contributed by atoms with E-state index in [0.717, 1.165) is 30.6 Å². The highest BCUT2D eigenvalue weighted by Crippen LogP contribution is 2.37. The van der Waals surface area contributed by atoms with Gasteiger partial charge in [-0.15, -0.1) is 0 Å². The number of nitrogens with one attached hydrogen (secondary N) is 1. The zero-order valence-corrected chi connectivity index (χ0v) is 18.8. The number of anilines is 3. The van der Waals surface area contributed by atoms with Crippen LogP contribution in [0.15, 0.2) is 18.2 Å². The van der Waals surface area contributed by atoms with Gasteiger partial charge in [-0.1, -0.05) is 0 Å². The number of fused-ring (bicyclic) bond motifs is 2. The van der Waals surface area contributed by atoms with Gasteiger partial charge in [0, 0.05) is 43.6 Å². The smallest absolute Gasteiger partial charge is 0.277 e. The first-order valence-corrected chi connectivity index (χ1v) is 10.7. The quantitative estimate of drug-likeness (QED) is 0.599. The number of amides is 1. The Morgan fingerprint density at radius 1 is 1.25 bits per heavy atom. The Bertz CT molecular complexity index is 983. The van der Waals surface area contributed by atoms with Gasteiger partial charge in [0.15, 0.2) is 11.5 Å². The average Bonchev–Trinajstić information content (AvgIpc) is 3.24. The van der Waals surface area contributed by atoms with Gasteiger partial charge in [-0.05, 0) is 52.0 Å². The maximum atomic E-state index is 13.3. The number of nitrogen functional groups attached to an aromatic ring is 1. The number of benzene rings is 1. The first kappa shape index (κ1) is 22.1. The fourth-order valence-electron chi connectivity index (χ4n) is 3.94. The van der Waals surface area contributed by atoms with E-state index in [4.69, 9.17) is 19.9 Å². The molecule has 3 heterocycles. The van der Waals surface area contributed by atoms with Crippen LogP contribution in [0.4, 0.5) is 17.5 Å². The summed E-state index contributed by atoms with van der Waals surface area (Å²) < 4.78 is 16.1. The van der Waals surface area contributed by atoms with Crippen molar-refractivity contribution in [1.82, 2.24) is 14.9 Å². The summed E-state index contributed by atoms with van der Waals surface area (Å²) in [6.07, 6.45) is 2.34. The monoisotopic (exact) mass is 442 g/mol. The molecule has 0 aliphatic carbocycles. The second-order valence-electron chi connectivity index (χ2n) is 8.22. The van der Waals surface area contributed by atoms with Crippen LogP contribution in [0.25, 0.3) is 0 Å². The molecule has 1 atom stereocenters. The van der Waals surface area contributed by atoms with Crippen molar-refractivity contribution in [3.8, 4) is 11.5 Å². The molecule has 2 aliphatic heterocycles. The van der Waals surface area contributed by atoms with Crippen molar-refractivity contribution in [3.63, 3.8) is 0 Å². The first-order chi connectivity index (χ1) is 15.5. The SMILES string of the molecule is COCCC(CCN(C)C)Nc1nc(N)nc2c1CCN(c1ccc3c(c1)OCO3)C2=O. The number of hydrogen-bond donors (Lipinski definition) is 2.